The van der Waals surface area contributed by atoms with Gasteiger partial charge in [0, 0.05) is 23.0 Å². The predicted molar refractivity (Wildman–Crippen MR) is 118 cm³/mol. The van der Waals surface area contributed by atoms with Gasteiger partial charge in [0.05, 0.1) is 18.2 Å². The van der Waals surface area contributed by atoms with Crippen molar-refractivity contribution in [3.05, 3.63) is 70.9 Å². The number of para-hydroxylation sites is 1. The van der Waals surface area contributed by atoms with E-state index in [1.807, 2.05) is 24.3 Å². The number of esters is 1. The average molecular weight is 418 g/mol. The molecule has 3 aromatic rings. The van der Waals surface area contributed by atoms with Crippen molar-refractivity contribution in [1.29, 1.82) is 0 Å². The molecule has 0 radical (unpaired) electrons. The van der Waals surface area contributed by atoms with Crippen LogP contribution < -0.4 is 0 Å². The van der Waals surface area contributed by atoms with Gasteiger partial charge in [0.1, 0.15) is 6.04 Å². The average Bonchev–Trinajstić information content (AvgIpc) is 3.25. The summed E-state index contributed by atoms with van der Waals surface area (Å²) in [7, 11) is 1.28. The summed E-state index contributed by atoms with van der Waals surface area (Å²) in [6, 6.07) is 13.5. The number of methoxy groups -OCH3 is 1. The Kier molecular flexibility index (Phi) is 5.63. The minimum atomic E-state index is -1.03. The molecule has 1 aliphatic heterocycles. The van der Waals surface area contributed by atoms with Crippen molar-refractivity contribution in [2.45, 2.75) is 39.2 Å². The van der Waals surface area contributed by atoms with Crippen LogP contribution in [0.4, 0.5) is 0 Å². The molecule has 0 fully saturated rings. The van der Waals surface area contributed by atoms with Crippen LogP contribution in [-0.4, -0.2) is 40.8 Å². The van der Waals surface area contributed by atoms with Gasteiger partial charge in [0.2, 0.25) is 0 Å². The highest BCUT2D eigenvalue weighted by atomic mass is 16.5. The first kappa shape index (κ1) is 20.8. The summed E-state index contributed by atoms with van der Waals surface area (Å²) in [5.74, 6) is -0.999. The third-order valence-corrected chi connectivity index (χ3v) is 5.88. The van der Waals surface area contributed by atoms with Crippen LogP contribution in [0.15, 0.2) is 48.5 Å². The minimum absolute atomic E-state index is 0.204. The van der Waals surface area contributed by atoms with Gasteiger partial charge in [-0.15, -0.1) is 0 Å². The van der Waals surface area contributed by atoms with Gasteiger partial charge in [0.15, 0.2) is 0 Å². The van der Waals surface area contributed by atoms with Crippen molar-refractivity contribution < 1.29 is 19.1 Å². The first-order valence-corrected chi connectivity index (χ1v) is 10.6. The quantitative estimate of drug-likeness (QED) is 0.462. The molecule has 6 heteroatoms. The summed E-state index contributed by atoms with van der Waals surface area (Å²) >= 11 is 0. The summed E-state index contributed by atoms with van der Waals surface area (Å²) in [4.78, 5) is 43.4. The molecule has 0 bridgehead atoms. The number of benzene rings is 2. The van der Waals surface area contributed by atoms with Crippen LogP contribution in [0.5, 0.6) is 0 Å². The highest BCUT2D eigenvalue weighted by molar-refractivity contribution is 6.22. The number of rotatable bonds is 7. The van der Waals surface area contributed by atoms with Gasteiger partial charge in [0.25, 0.3) is 11.8 Å². The van der Waals surface area contributed by atoms with E-state index in [9.17, 15) is 14.4 Å². The molecule has 1 aromatic heterocycles. The zero-order valence-electron chi connectivity index (χ0n) is 18.0. The Bertz CT molecular complexity index is 1130. The Morgan fingerprint density at radius 1 is 1.00 bits per heavy atom. The topological polar surface area (TPSA) is 79.5 Å². The Hall–Kier alpha value is -3.41. The molecule has 1 atom stereocenters. The molecule has 0 aliphatic carbocycles. The summed E-state index contributed by atoms with van der Waals surface area (Å²) < 4.78 is 5.02. The normalized spacial score (nSPS) is 14.4. The monoisotopic (exact) mass is 418 g/mol. The van der Waals surface area contributed by atoms with Crippen molar-refractivity contribution in [3.8, 4) is 0 Å². The molecule has 4 rings (SSSR count). The van der Waals surface area contributed by atoms with Gasteiger partial charge in [-0.3, -0.25) is 14.5 Å². The summed E-state index contributed by atoms with van der Waals surface area (Å²) in [5.41, 5.74) is 3.59. The van der Waals surface area contributed by atoms with Gasteiger partial charge >= 0.3 is 5.97 Å². The number of hydrogen-bond donors (Lipinski definition) is 1. The molecule has 31 heavy (non-hydrogen) atoms. The number of fused-ring (bicyclic) bond motifs is 2. The molecule has 0 unspecified atom stereocenters. The van der Waals surface area contributed by atoms with Crippen LogP contribution >= 0.6 is 0 Å². The maximum Gasteiger partial charge on any atom is 0.329 e. The molecular formula is C25H26N2O4. The van der Waals surface area contributed by atoms with E-state index in [2.05, 4.69) is 18.8 Å². The SMILES string of the molecule is COC(=O)[C@H](Cc1c(CCC(C)C)[nH]c2ccccc12)N1C(=O)c2ccccc2C1=O. The van der Waals surface area contributed by atoms with Gasteiger partial charge < -0.3 is 9.72 Å². The second-order valence-electron chi connectivity index (χ2n) is 8.33. The van der Waals surface area contributed by atoms with Crippen molar-refractivity contribution in [2.24, 2.45) is 5.92 Å². The van der Waals surface area contributed by atoms with E-state index in [-0.39, 0.29) is 6.42 Å². The van der Waals surface area contributed by atoms with E-state index < -0.39 is 23.8 Å². The maximum atomic E-state index is 13.1. The number of nitrogens with zero attached hydrogens (tertiary/aromatic N) is 1. The highest BCUT2D eigenvalue weighted by Gasteiger charge is 2.43. The number of aromatic amines is 1. The Morgan fingerprint density at radius 3 is 2.23 bits per heavy atom. The van der Waals surface area contributed by atoms with Gasteiger partial charge in [-0.05, 0) is 42.5 Å². The van der Waals surface area contributed by atoms with Crippen LogP contribution in [0.3, 0.4) is 0 Å². The van der Waals surface area contributed by atoms with Crippen molar-refractivity contribution in [1.82, 2.24) is 9.88 Å². The molecule has 0 saturated heterocycles. The number of carbonyl (C=O) groups excluding carboxylic acids is 3. The van der Waals surface area contributed by atoms with Crippen molar-refractivity contribution >= 4 is 28.7 Å². The standard InChI is InChI=1S/C25H26N2O4/c1-15(2)12-13-21-19(16-8-6-7-11-20(16)26-21)14-22(25(30)31-3)27-23(28)17-9-4-5-10-18(17)24(27)29/h4-11,15,22,26H,12-14H2,1-3H3/t22-/m0/s1. The molecule has 2 amide bonds. The fourth-order valence-corrected chi connectivity index (χ4v) is 4.24. The number of nitrogens with one attached hydrogen (secondary N) is 1. The molecule has 2 heterocycles. The van der Waals surface area contributed by atoms with Crippen molar-refractivity contribution in [3.63, 3.8) is 0 Å². The zero-order valence-corrected chi connectivity index (χ0v) is 18.0. The van der Waals surface area contributed by atoms with Crippen LogP contribution in [0.1, 0.15) is 52.2 Å². The van der Waals surface area contributed by atoms with E-state index >= 15 is 0 Å². The first-order valence-electron chi connectivity index (χ1n) is 10.6. The second-order valence-corrected chi connectivity index (χ2v) is 8.33. The van der Waals surface area contributed by atoms with E-state index in [4.69, 9.17) is 4.74 Å². The van der Waals surface area contributed by atoms with Gasteiger partial charge in [-0.2, -0.15) is 0 Å². The van der Waals surface area contributed by atoms with E-state index in [1.165, 1.54) is 7.11 Å². The van der Waals surface area contributed by atoms with E-state index in [0.717, 1.165) is 39.9 Å². The molecule has 1 N–H and O–H groups in total. The number of aromatic nitrogens is 1. The van der Waals surface area contributed by atoms with Crippen LogP contribution in [0.25, 0.3) is 10.9 Å². The molecule has 0 spiro atoms. The Labute approximate surface area is 181 Å². The van der Waals surface area contributed by atoms with Gasteiger partial charge in [-0.1, -0.05) is 44.2 Å². The second kappa shape index (κ2) is 8.38. The molecule has 0 saturated carbocycles. The van der Waals surface area contributed by atoms with Crippen LogP contribution in [-0.2, 0) is 22.4 Å². The molecule has 160 valence electrons. The van der Waals surface area contributed by atoms with E-state index in [1.54, 1.807) is 24.3 Å². The minimum Gasteiger partial charge on any atom is -0.467 e. The van der Waals surface area contributed by atoms with Crippen LogP contribution in [0, 0.1) is 5.92 Å². The number of carbonyl (C=O) groups is 3. The number of hydrogen-bond acceptors (Lipinski definition) is 4. The molecular weight excluding hydrogens is 392 g/mol. The lowest BCUT2D eigenvalue weighted by Crippen LogP contribution is -2.46. The molecule has 1 aliphatic rings. The lowest BCUT2D eigenvalue weighted by Gasteiger charge is -2.24. The Morgan fingerprint density at radius 2 is 1.61 bits per heavy atom. The lowest BCUT2D eigenvalue weighted by molar-refractivity contribution is -0.145. The summed E-state index contributed by atoms with van der Waals surface area (Å²) in [6.45, 7) is 4.33. The highest BCUT2D eigenvalue weighted by Crippen LogP contribution is 2.30. The number of aryl methyl sites for hydroxylation is 1. The third-order valence-electron chi connectivity index (χ3n) is 5.88. The molecule has 6 nitrogen and oxygen atoms in total. The largest absolute Gasteiger partial charge is 0.467 e. The summed E-state index contributed by atoms with van der Waals surface area (Å²) in [6.07, 6.45) is 2.00. The fraction of sp³-hybridized carbons (Fsp3) is 0.320. The fourth-order valence-electron chi connectivity index (χ4n) is 4.24. The van der Waals surface area contributed by atoms with Crippen LogP contribution in [0.2, 0.25) is 0 Å². The lowest BCUT2D eigenvalue weighted by atomic mass is 9.97. The first-order chi connectivity index (χ1) is 14.9. The smallest absolute Gasteiger partial charge is 0.329 e. The zero-order chi connectivity index (χ0) is 22.1. The number of amides is 2. The number of H-pyrrole nitrogens is 1. The van der Waals surface area contributed by atoms with Gasteiger partial charge in [-0.25, -0.2) is 4.79 Å². The Balaban J connectivity index is 1.76. The van der Waals surface area contributed by atoms with Crippen molar-refractivity contribution in [2.75, 3.05) is 7.11 Å². The number of imide groups is 1. The van der Waals surface area contributed by atoms with E-state index in [0.29, 0.717) is 17.0 Å². The molecule has 2 aromatic carbocycles. The number of ether oxygens (including phenoxy) is 1. The maximum absolute atomic E-state index is 13.1. The summed E-state index contributed by atoms with van der Waals surface area (Å²) in [5, 5.41) is 0.992. The predicted octanol–water partition coefficient (Wildman–Crippen LogP) is 4.14. The third kappa shape index (κ3) is 3.74.